The Morgan fingerprint density at radius 2 is 1.85 bits per heavy atom. The molecule has 3 heteroatoms. The fourth-order valence-corrected chi connectivity index (χ4v) is 8.88. The van der Waals surface area contributed by atoms with Crippen molar-refractivity contribution >= 4 is 11.9 Å². The van der Waals surface area contributed by atoms with E-state index >= 15 is 0 Å². The Balaban J connectivity index is 1.57. The number of fused-ring (bicyclic) bond motifs is 5. The third-order valence-corrected chi connectivity index (χ3v) is 10.6. The maximum absolute atomic E-state index is 12.3. The lowest BCUT2D eigenvalue weighted by molar-refractivity contribution is -0.148. The van der Waals surface area contributed by atoms with Crippen molar-refractivity contribution in [2.24, 2.45) is 46.3 Å². The number of carbonyl (C=O) groups is 1. The van der Waals surface area contributed by atoms with Crippen LogP contribution in [-0.2, 0) is 14.3 Å². The van der Waals surface area contributed by atoms with Crippen molar-refractivity contribution in [1.82, 2.24) is 0 Å². The molecule has 184 valence electrons. The van der Waals surface area contributed by atoms with Crippen molar-refractivity contribution in [3.05, 3.63) is 17.2 Å². The summed E-state index contributed by atoms with van der Waals surface area (Å²) >= 11 is 0. The fourth-order valence-electron chi connectivity index (χ4n) is 8.88. The molecule has 0 spiro atoms. The molecule has 3 saturated carbocycles. The zero-order chi connectivity index (χ0) is 24.0. The summed E-state index contributed by atoms with van der Waals surface area (Å²) < 4.78 is 5.58. The van der Waals surface area contributed by atoms with Crippen LogP contribution in [0.15, 0.2) is 17.2 Å². The van der Waals surface area contributed by atoms with Gasteiger partial charge in [-0.05, 0) is 85.0 Å². The van der Waals surface area contributed by atoms with Crippen LogP contribution >= 0.6 is 0 Å². The molecule has 0 aromatic heterocycles. The maximum Gasteiger partial charge on any atom is 0.302 e. The van der Waals surface area contributed by atoms with Crippen LogP contribution in [0, 0.1) is 46.3 Å². The minimum atomic E-state index is -0.197. The Hall–Kier alpha value is -1.34. The summed E-state index contributed by atoms with van der Waals surface area (Å²) in [5.74, 6) is 6.04. The van der Waals surface area contributed by atoms with E-state index in [0.717, 1.165) is 42.6 Å². The van der Waals surface area contributed by atoms with Gasteiger partial charge in [0.15, 0.2) is 0 Å². The van der Waals surface area contributed by atoms with E-state index in [4.69, 9.17) is 4.74 Å². The summed E-state index contributed by atoms with van der Waals surface area (Å²) in [6.45, 7) is 13.7. The van der Waals surface area contributed by atoms with Gasteiger partial charge in [0.05, 0.1) is 0 Å². The van der Waals surface area contributed by atoms with Gasteiger partial charge >= 0.3 is 5.97 Å². The summed E-state index contributed by atoms with van der Waals surface area (Å²) in [7, 11) is 0. The Morgan fingerprint density at radius 3 is 2.52 bits per heavy atom. The first-order valence-corrected chi connectivity index (χ1v) is 13.7. The number of hydrogen-bond donors (Lipinski definition) is 0. The Bertz CT molecular complexity index is 833. The molecule has 0 aromatic carbocycles. The zero-order valence-corrected chi connectivity index (χ0v) is 21.9. The van der Waals surface area contributed by atoms with E-state index in [2.05, 4.69) is 46.6 Å². The number of carbonyl (C=O) groups excluding carboxylic acids is 2. The predicted octanol–water partition coefficient (Wildman–Crippen LogP) is 7.33. The van der Waals surface area contributed by atoms with Crippen molar-refractivity contribution in [2.45, 2.75) is 112 Å². The van der Waals surface area contributed by atoms with Gasteiger partial charge in [0.25, 0.3) is 0 Å². The monoisotopic (exact) mass is 454 g/mol. The van der Waals surface area contributed by atoms with Crippen LogP contribution in [0.25, 0.3) is 0 Å². The van der Waals surface area contributed by atoms with Crippen molar-refractivity contribution in [2.75, 3.05) is 0 Å². The first-order valence-electron chi connectivity index (χ1n) is 13.7. The number of hydrogen-bond acceptors (Lipinski definition) is 3. The molecule has 4 rings (SSSR count). The number of rotatable bonds is 6. The second-order valence-electron chi connectivity index (χ2n) is 12.9. The molecule has 0 aromatic rings. The summed E-state index contributed by atoms with van der Waals surface area (Å²) in [6, 6.07) is 0. The quantitative estimate of drug-likeness (QED) is 0.312. The molecule has 0 radical (unpaired) electrons. The molecule has 3 nitrogen and oxygen atoms in total. The lowest BCUT2D eigenvalue weighted by Crippen LogP contribution is -2.51. The average Bonchev–Trinajstić information content (AvgIpc) is 3.10. The molecule has 0 N–H and O–H groups in total. The van der Waals surface area contributed by atoms with Gasteiger partial charge in [0.1, 0.15) is 12.0 Å². The lowest BCUT2D eigenvalue weighted by Gasteiger charge is -2.58. The zero-order valence-electron chi connectivity index (χ0n) is 21.9. The van der Waals surface area contributed by atoms with Crippen molar-refractivity contribution in [3.8, 4) is 0 Å². The number of ether oxygens (including phenoxy) is 1. The summed E-state index contributed by atoms with van der Waals surface area (Å²) in [5.41, 5.74) is 2.72. The van der Waals surface area contributed by atoms with E-state index in [1.165, 1.54) is 57.4 Å². The summed E-state index contributed by atoms with van der Waals surface area (Å²) in [4.78, 5) is 23.8. The molecular formula is C30H46O3. The van der Waals surface area contributed by atoms with Gasteiger partial charge in [-0.3, -0.25) is 4.79 Å². The smallest absolute Gasteiger partial charge is 0.302 e. The fraction of sp³-hybridized carbons (Fsp3) is 0.833. The highest BCUT2D eigenvalue weighted by atomic mass is 16.5. The van der Waals surface area contributed by atoms with Crippen LogP contribution < -0.4 is 0 Å². The summed E-state index contributed by atoms with van der Waals surface area (Å²) in [6.07, 6.45) is 14.0. The van der Waals surface area contributed by atoms with Crippen LogP contribution in [0.2, 0.25) is 0 Å². The molecule has 0 saturated heterocycles. The first-order chi connectivity index (χ1) is 15.6. The van der Waals surface area contributed by atoms with Gasteiger partial charge in [0.2, 0.25) is 0 Å². The van der Waals surface area contributed by atoms with Crippen LogP contribution in [0.4, 0.5) is 0 Å². The van der Waals surface area contributed by atoms with E-state index in [1.807, 2.05) is 0 Å². The number of allylic oxidation sites excluding steroid dienone is 2. The molecule has 4 aliphatic rings. The lowest BCUT2D eigenvalue weighted by atomic mass is 9.46. The molecular weight excluding hydrogens is 408 g/mol. The molecule has 0 bridgehead atoms. The van der Waals surface area contributed by atoms with Crippen molar-refractivity contribution < 1.29 is 14.3 Å². The molecule has 0 amide bonds. The minimum Gasteiger partial charge on any atom is -0.462 e. The maximum atomic E-state index is 12.3. The molecule has 1 unspecified atom stereocenters. The molecule has 4 aliphatic carbocycles. The van der Waals surface area contributed by atoms with Gasteiger partial charge in [-0.25, -0.2) is 4.79 Å². The van der Waals surface area contributed by atoms with Gasteiger partial charge in [0, 0.05) is 24.8 Å². The van der Waals surface area contributed by atoms with Gasteiger partial charge < -0.3 is 4.74 Å². The Labute approximate surface area is 201 Å². The van der Waals surface area contributed by atoms with Crippen LogP contribution in [0.1, 0.15) is 106 Å². The second kappa shape index (κ2) is 9.37. The van der Waals surface area contributed by atoms with Gasteiger partial charge in [-0.1, -0.05) is 59.5 Å². The molecule has 8 atom stereocenters. The van der Waals surface area contributed by atoms with E-state index in [1.54, 1.807) is 0 Å². The van der Waals surface area contributed by atoms with Gasteiger partial charge in [-0.2, -0.15) is 0 Å². The van der Waals surface area contributed by atoms with Crippen LogP contribution in [0.5, 0.6) is 0 Å². The molecule has 3 fully saturated rings. The summed E-state index contributed by atoms with van der Waals surface area (Å²) in [5, 5.41) is 0. The SMILES string of the molecule is CC(=O)O[C@H]1CC[C@@]2(C)C(=CC(=C=O)[C@H]3[C@@H]4CC[C@H](C(C)CCCC(C)C)[C@@]4(C)CC[C@@H]32)C1. The molecule has 33 heavy (non-hydrogen) atoms. The minimum absolute atomic E-state index is 0.0392. The number of esters is 1. The Kier molecular flexibility index (Phi) is 7.03. The third kappa shape index (κ3) is 4.40. The second-order valence-corrected chi connectivity index (χ2v) is 12.9. The van der Waals surface area contributed by atoms with Crippen LogP contribution in [-0.4, -0.2) is 18.0 Å². The molecule has 0 aliphatic heterocycles. The Morgan fingerprint density at radius 1 is 1.09 bits per heavy atom. The van der Waals surface area contributed by atoms with E-state index in [-0.39, 0.29) is 17.5 Å². The van der Waals surface area contributed by atoms with E-state index < -0.39 is 0 Å². The average molecular weight is 455 g/mol. The highest BCUT2D eigenvalue weighted by Crippen LogP contribution is 2.68. The van der Waals surface area contributed by atoms with Crippen molar-refractivity contribution in [3.63, 3.8) is 0 Å². The highest BCUT2D eigenvalue weighted by Gasteiger charge is 2.60. The van der Waals surface area contributed by atoms with Crippen LogP contribution in [0.3, 0.4) is 0 Å². The molecule has 0 heterocycles. The topological polar surface area (TPSA) is 43.4 Å². The third-order valence-electron chi connectivity index (χ3n) is 10.6. The normalized spacial score (nSPS) is 40.9. The first kappa shape index (κ1) is 24.8. The highest BCUT2D eigenvalue weighted by molar-refractivity contribution is 5.66. The predicted molar refractivity (Wildman–Crippen MR) is 133 cm³/mol. The van der Waals surface area contributed by atoms with Crippen molar-refractivity contribution in [1.29, 1.82) is 0 Å². The van der Waals surface area contributed by atoms with E-state index in [0.29, 0.717) is 23.2 Å². The largest absolute Gasteiger partial charge is 0.462 e. The standard InChI is InChI=1S/C30H46O3/c1-19(2)8-7-9-20(3)25-10-11-26-28-22(18-31)16-23-17-24(33-21(4)32)12-14-29(23,5)27(28)13-15-30(25,26)6/h16,19-20,24-28H,7-15,17H2,1-6H3/t20?,24-,25+,26-,27-,28-,29-,30+/m0/s1. The van der Waals surface area contributed by atoms with E-state index in [9.17, 15) is 9.59 Å². The van der Waals surface area contributed by atoms with Gasteiger partial charge in [-0.15, -0.1) is 0 Å².